The fourth-order valence-corrected chi connectivity index (χ4v) is 8.46. The van der Waals surface area contributed by atoms with Crippen molar-refractivity contribution in [1.29, 1.82) is 0 Å². The summed E-state index contributed by atoms with van der Waals surface area (Å²) >= 11 is 0. The molecule has 11 rings (SSSR count). The first-order valence-electron chi connectivity index (χ1n) is 21.9. The molecule has 11 aromatic rings. The standard InChI is InChI=1S/C60H40N6/c1-5-18-41(19-6-1)42-33-35-43(36-34-42)54-39-55(63-57(62-54)44-20-7-2-8-21-44)52-30-14-13-29-51(52)53-32-16-31-50(56(53)49-28-17-37-61-40-49)47-26-15-27-48(38-47)60-65-58(45-22-9-3-10-23-45)64-59(66-60)46-24-11-4-12-25-46/h1-40H. The molecule has 0 radical (unpaired) electrons. The lowest BCUT2D eigenvalue weighted by Gasteiger charge is -2.19. The second-order valence-corrected chi connectivity index (χ2v) is 15.9. The van der Waals surface area contributed by atoms with Crippen LogP contribution in [0.2, 0.25) is 0 Å². The Bertz CT molecular complexity index is 3380. The summed E-state index contributed by atoms with van der Waals surface area (Å²) in [6.45, 7) is 0. The van der Waals surface area contributed by atoms with Gasteiger partial charge in [0, 0.05) is 51.3 Å². The predicted octanol–water partition coefficient (Wildman–Crippen LogP) is 14.7. The molecule has 0 unspecified atom stereocenters. The van der Waals surface area contributed by atoms with E-state index in [0.29, 0.717) is 23.3 Å². The van der Waals surface area contributed by atoms with E-state index in [9.17, 15) is 0 Å². The normalized spacial score (nSPS) is 11.0. The topological polar surface area (TPSA) is 77.3 Å². The third-order valence-electron chi connectivity index (χ3n) is 11.7. The van der Waals surface area contributed by atoms with Crippen LogP contribution in [0.3, 0.4) is 0 Å². The zero-order valence-electron chi connectivity index (χ0n) is 35.8. The van der Waals surface area contributed by atoms with Crippen LogP contribution in [0.5, 0.6) is 0 Å². The molecule has 6 nitrogen and oxygen atoms in total. The number of pyridine rings is 1. The number of hydrogen-bond acceptors (Lipinski definition) is 6. The van der Waals surface area contributed by atoms with Crippen LogP contribution < -0.4 is 0 Å². The summed E-state index contributed by atoms with van der Waals surface area (Å²) in [4.78, 5) is 30.1. The Balaban J connectivity index is 1.06. The van der Waals surface area contributed by atoms with Gasteiger partial charge in [-0.15, -0.1) is 0 Å². The summed E-state index contributed by atoms with van der Waals surface area (Å²) in [7, 11) is 0. The van der Waals surface area contributed by atoms with E-state index in [1.54, 1.807) is 0 Å². The minimum Gasteiger partial charge on any atom is -0.264 e. The van der Waals surface area contributed by atoms with Crippen LogP contribution in [0.4, 0.5) is 0 Å². The van der Waals surface area contributed by atoms with Gasteiger partial charge in [-0.3, -0.25) is 4.98 Å². The highest BCUT2D eigenvalue weighted by molar-refractivity contribution is 5.98. The molecule has 6 heteroatoms. The fraction of sp³-hybridized carbons (Fsp3) is 0. The summed E-state index contributed by atoms with van der Waals surface area (Å²) < 4.78 is 0. The molecule has 3 heterocycles. The molecule has 0 atom stereocenters. The van der Waals surface area contributed by atoms with E-state index >= 15 is 0 Å². The Morgan fingerprint density at radius 3 is 1.26 bits per heavy atom. The third kappa shape index (κ3) is 8.18. The van der Waals surface area contributed by atoms with E-state index in [1.807, 2.05) is 103 Å². The summed E-state index contributed by atoms with van der Waals surface area (Å²) in [5, 5.41) is 0. The van der Waals surface area contributed by atoms with E-state index in [1.165, 1.54) is 5.56 Å². The van der Waals surface area contributed by atoms with Gasteiger partial charge in [0.15, 0.2) is 23.3 Å². The van der Waals surface area contributed by atoms with Gasteiger partial charge in [-0.1, -0.05) is 212 Å². The van der Waals surface area contributed by atoms with Crippen LogP contribution in [0.15, 0.2) is 243 Å². The van der Waals surface area contributed by atoms with Gasteiger partial charge in [0.2, 0.25) is 0 Å². The molecule has 0 spiro atoms. The summed E-state index contributed by atoms with van der Waals surface area (Å²) in [6, 6.07) is 79.1. The van der Waals surface area contributed by atoms with Gasteiger partial charge >= 0.3 is 0 Å². The fourth-order valence-electron chi connectivity index (χ4n) is 8.46. The molecule has 0 aliphatic heterocycles. The van der Waals surface area contributed by atoms with Crippen molar-refractivity contribution in [3.8, 4) is 113 Å². The lowest BCUT2D eigenvalue weighted by Crippen LogP contribution is -2.00. The molecule has 3 aromatic heterocycles. The van der Waals surface area contributed by atoms with Crippen molar-refractivity contribution < 1.29 is 0 Å². The van der Waals surface area contributed by atoms with E-state index in [0.717, 1.165) is 83.7 Å². The average Bonchev–Trinajstić information content (AvgIpc) is 3.41. The highest BCUT2D eigenvalue weighted by atomic mass is 15.0. The quantitative estimate of drug-likeness (QED) is 0.136. The Kier molecular flexibility index (Phi) is 10.9. The first-order chi connectivity index (χ1) is 32.7. The Labute approximate surface area is 383 Å². The number of hydrogen-bond donors (Lipinski definition) is 0. The number of rotatable bonds is 10. The maximum atomic E-state index is 5.29. The van der Waals surface area contributed by atoms with Crippen molar-refractivity contribution in [1.82, 2.24) is 29.9 Å². The SMILES string of the molecule is c1ccc(-c2ccc(-c3cc(-c4ccccc4-c4cccc(-c5cccc(-c6nc(-c7ccccc7)nc(-c7ccccc7)n6)c5)c4-c4cccnc4)nc(-c4ccccc4)n3)cc2)cc1. The Morgan fingerprint density at radius 2 is 0.652 bits per heavy atom. The Hall–Kier alpha value is -9.00. The van der Waals surface area contributed by atoms with Gasteiger partial charge in [-0.2, -0.15) is 0 Å². The molecule has 0 bridgehead atoms. The number of aromatic nitrogens is 6. The van der Waals surface area contributed by atoms with Crippen molar-refractivity contribution in [2.45, 2.75) is 0 Å². The largest absolute Gasteiger partial charge is 0.264 e. The summed E-state index contributed by atoms with van der Waals surface area (Å²) in [5.41, 5.74) is 15.9. The van der Waals surface area contributed by atoms with Crippen LogP contribution in [0, 0.1) is 0 Å². The maximum Gasteiger partial charge on any atom is 0.164 e. The van der Waals surface area contributed by atoms with Gasteiger partial charge in [-0.05, 0) is 57.1 Å². The molecule has 0 aliphatic rings. The molecular weight excluding hydrogens is 805 g/mol. The van der Waals surface area contributed by atoms with E-state index < -0.39 is 0 Å². The molecule has 8 aromatic carbocycles. The van der Waals surface area contributed by atoms with Crippen molar-refractivity contribution in [3.63, 3.8) is 0 Å². The van der Waals surface area contributed by atoms with Crippen molar-refractivity contribution in [2.24, 2.45) is 0 Å². The minimum absolute atomic E-state index is 0.595. The molecule has 0 amide bonds. The van der Waals surface area contributed by atoms with Gasteiger partial charge in [0.05, 0.1) is 11.4 Å². The molecule has 0 aliphatic carbocycles. The smallest absolute Gasteiger partial charge is 0.164 e. The minimum atomic E-state index is 0.595. The van der Waals surface area contributed by atoms with Crippen LogP contribution in [-0.2, 0) is 0 Å². The van der Waals surface area contributed by atoms with Crippen LogP contribution in [0.1, 0.15) is 0 Å². The zero-order valence-corrected chi connectivity index (χ0v) is 35.8. The van der Waals surface area contributed by atoms with Crippen molar-refractivity contribution in [2.75, 3.05) is 0 Å². The van der Waals surface area contributed by atoms with Crippen LogP contribution >= 0.6 is 0 Å². The second-order valence-electron chi connectivity index (χ2n) is 15.9. The zero-order chi connectivity index (χ0) is 44.1. The second kappa shape index (κ2) is 18.0. The van der Waals surface area contributed by atoms with Gasteiger partial charge in [0.25, 0.3) is 0 Å². The lowest BCUT2D eigenvalue weighted by atomic mass is 9.86. The molecule has 0 fully saturated rings. The number of nitrogens with zero attached hydrogens (tertiary/aromatic N) is 6. The van der Waals surface area contributed by atoms with Gasteiger partial charge < -0.3 is 0 Å². The molecule has 66 heavy (non-hydrogen) atoms. The average molecular weight is 845 g/mol. The Morgan fingerprint density at radius 1 is 0.227 bits per heavy atom. The first-order valence-corrected chi connectivity index (χ1v) is 21.9. The highest BCUT2D eigenvalue weighted by Gasteiger charge is 2.20. The highest BCUT2D eigenvalue weighted by Crippen LogP contribution is 2.44. The predicted molar refractivity (Wildman–Crippen MR) is 268 cm³/mol. The van der Waals surface area contributed by atoms with E-state index in [-0.39, 0.29) is 0 Å². The van der Waals surface area contributed by atoms with Crippen molar-refractivity contribution in [3.05, 3.63) is 243 Å². The number of benzene rings is 8. The van der Waals surface area contributed by atoms with Crippen LogP contribution in [-0.4, -0.2) is 29.9 Å². The molecular formula is C60H40N6. The molecule has 0 saturated heterocycles. The van der Waals surface area contributed by atoms with Gasteiger partial charge in [0.1, 0.15) is 0 Å². The van der Waals surface area contributed by atoms with E-state index in [4.69, 9.17) is 24.9 Å². The summed E-state index contributed by atoms with van der Waals surface area (Å²) in [5.74, 6) is 2.49. The lowest BCUT2D eigenvalue weighted by molar-refractivity contribution is 1.07. The van der Waals surface area contributed by atoms with Gasteiger partial charge in [-0.25, -0.2) is 24.9 Å². The molecule has 310 valence electrons. The van der Waals surface area contributed by atoms with Crippen molar-refractivity contribution >= 4 is 0 Å². The molecule has 0 N–H and O–H groups in total. The third-order valence-corrected chi connectivity index (χ3v) is 11.7. The maximum absolute atomic E-state index is 5.29. The molecule has 0 saturated carbocycles. The first kappa shape index (κ1) is 39.8. The summed E-state index contributed by atoms with van der Waals surface area (Å²) in [6.07, 6.45) is 3.75. The van der Waals surface area contributed by atoms with Crippen LogP contribution in [0.25, 0.3) is 113 Å². The van der Waals surface area contributed by atoms with E-state index in [2.05, 4.69) is 145 Å². The monoisotopic (exact) mass is 844 g/mol.